The molecule has 0 unspecified atom stereocenters. The lowest BCUT2D eigenvalue weighted by molar-refractivity contribution is -0.143. The Morgan fingerprint density at radius 1 is 1.33 bits per heavy atom. The number of rotatable bonds is 7. The summed E-state index contributed by atoms with van der Waals surface area (Å²) in [4.78, 5) is 36.3. The van der Waals surface area contributed by atoms with Crippen molar-refractivity contribution in [1.82, 2.24) is 10.2 Å². The van der Waals surface area contributed by atoms with Crippen LogP contribution < -0.4 is 14.8 Å². The minimum Gasteiger partial charge on any atom is -0.493 e. The van der Waals surface area contributed by atoms with Gasteiger partial charge in [-0.1, -0.05) is 18.5 Å². The molecule has 1 aliphatic rings. The van der Waals surface area contributed by atoms with E-state index in [0.29, 0.717) is 22.1 Å². The van der Waals surface area contributed by atoms with Crippen molar-refractivity contribution in [2.24, 2.45) is 0 Å². The molecule has 1 atom stereocenters. The number of nitrogens with one attached hydrogen (secondary N) is 1. The zero-order chi connectivity index (χ0) is 20.1. The molecule has 1 fully saturated rings. The van der Waals surface area contributed by atoms with Gasteiger partial charge >= 0.3 is 12.0 Å². The Kier molecular flexibility index (Phi) is 6.68. The van der Waals surface area contributed by atoms with Crippen molar-refractivity contribution in [3.8, 4) is 11.5 Å². The second-order valence-corrected chi connectivity index (χ2v) is 6.23. The molecule has 0 aromatic heterocycles. The molecule has 0 aliphatic carbocycles. The fourth-order valence-electron chi connectivity index (χ4n) is 2.30. The van der Waals surface area contributed by atoms with E-state index in [1.807, 2.05) is 13.8 Å². The summed E-state index contributed by atoms with van der Waals surface area (Å²) in [6, 6.07) is 2.53. The zero-order valence-electron chi connectivity index (χ0n) is 15.5. The van der Waals surface area contributed by atoms with Crippen molar-refractivity contribution in [1.29, 1.82) is 0 Å². The van der Waals surface area contributed by atoms with E-state index in [1.165, 1.54) is 20.3 Å². The van der Waals surface area contributed by atoms with Gasteiger partial charge in [-0.05, 0) is 37.1 Å². The first kappa shape index (κ1) is 20.6. The van der Waals surface area contributed by atoms with Crippen LogP contribution in [0.25, 0.3) is 6.08 Å². The first-order valence-corrected chi connectivity index (χ1v) is 8.64. The Bertz CT molecular complexity index is 792. The number of amides is 3. The third-order valence-electron chi connectivity index (χ3n) is 3.93. The average molecular weight is 397 g/mol. The monoisotopic (exact) mass is 396 g/mol. The normalized spacial score (nSPS) is 16.3. The lowest BCUT2D eigenvalue weighted by atomic mass is 10.1. The molecule has 0 radical (unpaired) electrons. The summed E-state index contributed by atoms with van der Waals surface area (Å²) < 4.78 is 15.6. The second kappa shape index (κ2) is 8.77. The van der Waals surface area contributed by atoms with Gasteiger partial charge in [-0.15, -0.1) is 0 Å². The summed E-state index contributed by atoms with van der Waals surface area (Å²) >= 11 is 6.30. The summed E-state index contributed by atoms with van der Waals surface area (Å²) in [5.74, 6) is -0.529. The maximum absolute atomic E-state index is 12.3. The fourth-order valence-corrected chi connectivity index (χ4v) is 2.56. The van der Waals surface area contributed by atoms with Crippen LogP contribution in [0, 0.1) is 0 Å². The number of ether oxygens (including phenoxy) is 3. The molecule has 146 valence electrons. The predicted octanol–water partition coefficient (Wildman–Crippen LogP) is 2.59. The van der Waals surface area contributed by atoms with Crippen LogP contribution in [-0.2, 0) is 14.3 Å². The highest BCUT2D eigenvalue weighted by Crippen LogP contribution is 2.38. The largest absolute Gasteiger partial charge is 0.493 e. The molecule has 3 amide bonds. The van der Waals surface area contributed by atoms with Crippen LogP contribution in [0.3, 0.4) is 0 Å². The lowest BCUT2D eigenvalue weighted by Crippen LogP contribution is -2.36. The topological polar surface area (TPSA) is 94.2 Å². The molecule has 1 aliphatic heterocycles. The third kappa shape index (κ3) is 4.71. The maximum atomic E-state index is 12.3. The Labute approximate surface area is 162 Å². The minimum atomic E-state index is -0.702. The molecule has 1 N–H and O–H groups in total. The van der Waals surface area contributed by atoms with Gasteiger partial charge in [-0.2, -0.15) is 0 Å². The van der Waals surface area contributed by atoms with Crippen LogP contribution in [-0.4, -0.2) is 49.7 Å². The average Bonchev–Trinajstić information content (AvgIpc) is 2.90. The van der Waals surface area contributed by atoms with E-state index in [-0.39, 0.29) is 11.8 Å². The molecule has 0 saturated carbocycles. The molecule has 8 nitrogen and oxygen atoms in total. The smallest absolute Gasteiger partial charge is 0.329 e. The van der Waals surface area contributed by atoms with E-state index in [4.69, 9.17) is 21.1 Å². The van der Waals surface area contributed by atoms with E-state index in [2.05, 4.69) is 10.1 Å². The fraction of sp³-hybridized carbons (Fsp3) is 0.389. The van der Waals surface area contributed by atoms with E-state index >= 15 is 0 Å². The number of carbonyl (C=O) groups excluding carboxylic acids is 3. The Morgan fingerprint density at radius 3 is 2.63 bits per heavy atom. The highest BCUT2D eigenvalue weighted by Gasteiger charge is 2.35. The lowest BCUT2D eigenvalue weighted by Gasteiger charge is -2.17. The van der Waals surface area contributed by atoms with E-state index in [0.717, 1.165) is 11.3 Å². The molecule has 1 saturated heterocycles. The van der Waals surface area contributed by atoms with Gasteiger partial charge in [0.15, 0.2) is 11.5 Å². The summed E-state index contributed by atoms with van der Waals surface area (Å²) in [5.41, 5.74) is 0.537. The summed E-state index contributed by atoms with van der Waals surface area (Å²) in [6.45, 7) is 3.43. The summed E-state index contributed by atoms with van der Waals surface area (Å²) in [5, 5.41) is 2.73. The van der Waals surface area contributed by atoms with Gasteiger partial charge in [0.25, 0.3) is 5.91 Å². The number of halogens is 1. The van der Waals surface area contributed by atoms with Crippen molar-refractivity contribution in [3.63, 3.8) is 0 Å². The molecule has 9 heteroatoms. The molecule has 1 aromatic carbocycles. The van der Waals surface area contributed by atoms with E-state index in [9.17, 15) is 14.4 Å². The van der Waals surface area contributed by atoms with Gasteiger partial charge in [-0.25, -0.2) is 9.69 Å². The summed E-state index contributed by atoms with van der Waals surface area (Å²) in [6.07, 6.45) is 2.18. The van der Waals surface area contributed by atoms with E-state index in [1.54, 1.807) is 12.1 Å². The quantitative estimate of drug-likeness (QED) is 0.432. The van der Waals surface area contributed by atoms with Gasteiger partial charge in [0, 0.05) is 0 Å². The van der Waals surface area contributed by atoms with Crippen molar-refractivity contribution in [3.05, 3.63) is 28.4 Å². The number of esters is 1. The Morgan fingerprint density at radius 2 is 2.04 bits per heavy atom. The molecular formula is C18H21ClN2O6. The van der Waals surface area contributed by atoms with Crippen molar-refractivity contribution in [2.75, 3.05) is 20.8 Å². The zero-order valence-corrected chi connectivity index (χ0v) is 16.3. The highest BCUT2D eigenvalue weighted by molar-refractivity contribution is 6.32. The van der Waals surface area contributed by atoms with Crippen molar-refractivity contribution >= 4 is 35.6 Å². The van der Waals surface area contributed by atoms with Crippen molar-refractivity contribution < 1.29 is 28.6 Å². The number of nitrogens with zero attached hydrogens (tertiary/aromatic N) is 1. The SMILES string of the molecule is CC[C@H](C)Oc1c(Cl)cc(/C=C2/NC(=O)N(CC(=O)OC)C2=O)cc1OC. The molecule has 27 heavy (non-hydrogen) atoms. The molecule has 0 bridgehead atoms. The number of imide groups is 1. The van der Waals surface area contributed by atoms with Gasteiger partial charge in [0.05, 0.1) is 25.3 Å². The van der Waals surface area contributed by atoms with Gasteiger partial charge in [0.1, 0.15) is 12.2 Å². The van der Waals surface area contributed by atoms with Crippen LogP contribution in [0.4, 0.5) is 4.79 Å². The van der Waals surface area contributed by atoms with Crippen LogP contribution >= 0.6 is 11.6 Å². The van der Waals surface area contributed by atoms with Gasteiger partial charge in [0.2, 0.25) is 0 Å². The number of hydrogen-bond acceptors (Lipinski definition) is 6. The Hall–Kier alpha value is -2.74. The third-order valence-corrected chi connectivity index (χ3v) is 4.21. The summed E-state index contributed by atoms with van der Waals surface area (Å²) in [7, 11) is 2.65. The highest BCUT2D eigenvalue weighted by atomic mass is 35.5. The van der Waals surface area contributed by atoms with Gasteiger partial charge in [-0.3, -0.25) is 9.59 Å². The van der Waals surface area contributed by atoms with Crippen LogP contribution in [0.5, 0.6) is 11.5 Å². The molecule has 1 heterocycles. The molecule has 2 rings (SSSR count). The van der Waals surface area contributed by atoms with Gasteiger partial charge < -0.3 is 19.5 Å². The Balaban J connectivity index is 2.31. The molecular weight excluding hydrogens is 376 g/mol. The van der Waals surface area contributed by atoms with E-state index < -0.39 is 24.5 Å². The van der Waals surface area contributed by atoms with Crippen LogP contribution in [0.15, 0.2) is 17.8 Å². The maximum Gasteiger partial charge on any atom is 0.329 e. The number of carbonyl (C=O) groups is 3. The van der Waals surface area contributed by atoms with Crippen LogP contribution in [0.2, 0.25) is 5.02 Å². The second-order valence-electron chi connectivity index (χ2n) is 5.83. The number of urea groups is 1. The number of hydrogen-bond donors (Lipinski definition) is 1. The van der Waals surface area contributed by atoms with Crippen LogP contribution in [0.1, 0.15) is 25.8 Å². The number of methoxy groups -OCH3 is 2. The molecule has 1 aromatic rings. The first-order chi connectivity index (χ1) is 12.8. The standard InChI is InChI=1S/C18H21ClN2O6/c1-5-10(2)27-16-12(19)6-11(8-14(16)25-3)7-13-17(23)21(18(24)20-13)9-15(22)26-4/h6-8,10H,5,9H2,1-4H3,(H,20,24)/b13-7+/t10-/m0/s1. The predicted molar refractivity (Wildman–Crippen MR) is 98.6 cm³/mol. The molecule has 0 spiro atoms. The minimum absolute atomic E-state index is 0.0117. The number of benzene rings is 1. The van der Waals surface area contributed by atoms with Crippen molar-refractivity contribution in [2.45, 2.75) is 26.4 Å². The first-order valence-electron chi connectivity index (χ1n) is 8.26.